The van der Waals surface area contributed by atoms with Gasteiger partial charge in [-0.15, -0.1) is 0 Å². The summed E-state index contributed by atoms with van der Waals surface area (Å²) in [5, 5.41) is 2.59. The summed E-state index contributed by atoms with van der Waals surface area (Å²) in [6.45, 7) is 4.31. The summed E-state index contributed by atoms with van der Waals surface area (Å²) in [6, 6.07) is 35.9. The van der Waals surface area contributed by atoms with Gasteiger partial charge in [-0.2, -0.15) is 0 Å². The average molecular weight is 504 g/mol. The Morgan fingerprint density at radius 3 is 1.79 bits per heavy atom. The highest BCUT2D eigenvalue weighted by Crippen LogP contribution is 2.38. The van der Waals surface area contributed by atoms with E-state index in [1.54, 1.807) is 0 Å². The van der Waals surface area contributed by atoms with Gasteiger partial charge >= 0.3 is 0 Å². The first-order chi connectivity index (χ1) is 16.5. The molecule has 0 radical (unpaired) electrons. The van der Waals surface area contributed by atoms with Crippen molar-refractivity contribution < 1.29 is 0 Å². The molecule has 0 N–H and O–H groups in total. The molecule has 0 fully saturated rings. The fourth-order valence-electron chi connectivity index (χ4n) is 5.17. The third kappa shape index (κ3) is 3.93. The summed E-state index contributed by atoms with van der Waals surface area (Å²) < 4.78 is 1.16. The Kier molecular flexibility index (Phi) is 5.27. The van der Waals surface area contributed by atoms with E-state index < -0.39 is 0 Å². The van der Waals surface area contributed by atoms with Crippen LogP contribution < -0.4 is 4.90 Å². The minimum Gasteiger partial charge on any atom is -0.310 e. The first-order valence-corrected chi connectivity index (χ1v) is 12.6. The lowest BCUT2D eigenvalue weighted by Gasteiger charge is -2.27. The molecule has 0 heterocycles. The standard InChI is InChI=1S/C32H26BrN/c1-21-5-3-7-30(13-21)34(31-8-4-6-22(2)14-31)32-12-10-24-16-25-17-27-19-29(33)11-9-23(27)15-26(25)18-28(24)20-32/h3-14,16,18-20H,15,17H2,1-2H3. The number of hydrogen-bond acceptors (Lipinski definition) is 1. The van der Waals surface area contributed by atoms with Crippen LogP contribution in [0.3, 0.4) is 0 Å². The highest BCUT2D eigenvalue weighted by atomic mass is 79.9. The molecule has 1 aliphatic rings. The molecule has 166 valence electrons. The van der Waals surface area contributed by atoms with Crippen LogP contribution in [0.2, 0.25) is 0 Å². The second-order valence-electron chi connectivity index (χ2n) is 9.43. The molecule has 5 aromatic carbocycles. The van der Waals surface area contributed by atoms with Gasteiger partial charge in [-0.3, -0.25) is 0 Å². The molecule has 0 unspecified atom stereocenters. The molecular weight excluding hydrogens is 478 g/mol. The monoisotopic (exact) mass is 503 g/mol. The lowest BCUT2D eigenvalue weighted by atomic mass is 9.84. The summed E-state index contributed by atoms with van der Waals surface area (Å²) in [6.07, 6.45) is 2.00. The molecule has 0 atom stereocenters. The largest absolute Gasteiger partial charge is 0.310 e. The molecule has 5 aromatic rings. The van der Waals surface area contributed by atoms with E-state index in [0.717, 1.165) is 17.3 Å². The van der Waals surface area contributed by atoms with E-state index in [0.29, 0.717) is 0 Å². The second kappa shape index (κ2) is 8.45. The van der Waals surface area contributed by atoms with Crippen LogP contribution in [-0.4, -0.2) is 0 Å². The van der Waals surface area contributed by atoms with Crippen molar-refractivity contribution in [2.45, 2.75) is 26.7 Å². The van der Waals surface area contributed by atoms with Crippen LogP contribution in [0.5, 0.6) is 0 Å². The van der Waals surface area contributed by atoms with Gasteiger partial charge in [0, 0.05) is 21.5 Å². The number of halogens is 1. The van der Waals surface area contributed by atoms with Crippen LogP contribution in [0.25, 0.3) is 10.8 Å². The normalized spacial score (nSPS) is 12.3. The maximum atomic E-state index is 3.63. The Balaban J connectivity index is 1.47. The molecule has 34 heavy (non-hydrogen) atoms. The van der Waals surface area contributed by atoms with Crippen molar-refractivity contribution >= 4 is 43.8 Å². The fourth-order valence-corrected chi connectivity index (χ4v) is 5.58. The number of rotatable bonds is 3. The third-order valence-corrected chi connectivity index (χ3v) is 7.34. The predicted molar refractivity (Wildman–Crippen MR) is 148 cm³/mol. The van der Waals surface area contributed by atoms with Crippen LogP contribution >= 0.6 is 15.9 Å². The van der Waals surface area contributed by atoms with Gasteiger partial charge in [-0.05, 0) is 119 Å². The van der Waals surface area contributed by atoms with Gasteiger partial charge in [0.15, 0.2) is 0 Å². The van der Waals surface area contributed by atoms with E-state index in [9.17, 15) is 0 Å². The van der Waals surface area contributed by atoms with E-state index in [-0.39, 0.29) is 0 Å². The molecule has 1 nitrogen and oxygen atoms in total. The van der Waals surface area contributed by atoms with Gasteiger partial charge in [-0.25, -0.2) is 0 Å². The van der Waals surface area contributed by atoms with Gasteiger partial charge in [0.05, 0.1) is 0 Å². The zero-order valence-corrected chi connectivity index (χ0v) is 21.1. The van der Waals surface area contributed by atoms with Gasteiger partial charge < -0.3 is 4.90 Å². The number of fused-ring (bicyclic) bond motifs is 3. The van der Waals surface area contributed by atoms with Gasteiger partial charge in [-0.1, -0.05) is 64.5 Å². The number of hydrogen-bond donors (Lipinski definition) is 0. The molecule has 0 amide bonds. The summed E-state index contributed by atoms with van der Waals surface area (Å²) in [4.78, 5) is 2.37. The van der Waals surface area contributed by atoms with Crippen molar-refractivity contribution in [3.8, 4) is 0 Å². The van der Waals surface area contributed by atoms with E-state index in [1.165, 1.54) is 61.2 Å². The van der Waals surface area contributed by atoms with Gasteiger partial charge in [0.1, 0.15) is 0 Å². The summed E-state index contributed by atoms with van der Waals surface area (Å²) >= 11 is 3.63. The average Bonchev–Trinajstić information content (AvgIpc) is 2.82. The molecule has 0 aromatic heterocycles. The molecule has 6 rings (SSSR count). The molecule has 1 aliphatic carbocycles. The number of anilines is 3. The van der Waals surface area contributed by atoms with Crippen LogP contribution in [0.4, 0.5) is 17.1 Å². The molecule has 0 saturated heterocycles. The van der Waals surface area contributed by atoms with E-state index in [4.69, 9.17) is 0 Å². The summed E-state index contributed by atoms with van der Waals surface area (Å²) in [5.74, 6) is 0. The van der Waals surface area contributed by atoms with Crippen LogP contribution in [0, 0.1) is 13.8 Å². The van der Waals surface area contributed by atoms with Crippen LogP contribution in [-0.2, 0) is 12.8 Å². The molecule has 0 aliphatic heterocycles. The topological polar surface area (TPSA) is 3.24 Å². The van der Waals surface area contributed by atoms with Crippen molar-refractivity contribution in [2.24, 2.45) is 0 Å². The molecule has 0 bridgehead atoms. The van der Waals surface area contributed by atoms with E-state index in [2.05, 4.69) is 132 Å². The van der Waals surface area contributed by atoms with Crippen LogP contribution in [0.1, 0.15) is 33.4 Å². The van der Waals surface area contributed by atoms with Crippen molar-refractivity contribution in [2.75, 3.05) is 4.90 Å². The Labute approximate surface area is 209 Å². The van der Waals surface area contributed by atoms with E-state index in [1.807, 2.05) is 0 Å². The Bertz CT molecular complexity index is 1500. The minimum absolute atomic E-state index is 0.998. The Morgan fingerprint density at radius 1 is 0.529 bits per heavy atom. The second-order valence-corrected chi connectivity index (χ2v) is 10.3. The number of aryl methyl sites for hydroxylation is 2. The van der Waals surface area contributed by atoms with Crippen LogP contribution in [0.15, 0.2) is 102 Å². The highest BCUT2D eigenvalue weighted by molar-refractivity contribution is 9.10. The molecular formula is C32H26BrN. The molecule has 0 spiro atoms. The summed E-state index contributed by atoms with van der Waals surface area (Å²) in [5.41, 5.74) is 11.8. The zero-order valence-electron chi connectivity index (χ0n) is 19.5. The van der Waals surface area contributed by atoms with Crippen molar-refractivity contribution in [1.29, 1.82) is 0 Å². The highest BCUT2D eigenvalue weighted by Gasteiger charge is 2.18. The third-order valence-electron chi connectivity index (χ3n) is 6.85. The smallest absolute Gasteiger partial charge is 0.0468 e. The first kappa shape index (κ1) is 21.2. The molecule has 0 saturated carbocycles. The maximum absolute atomic E-state index is 3.63. The SMILES string of the molecule is Cc1cccc(N(c2cccc(C)c2)c2ccc3cc4c(cc3c2)Cc2ccc(Br)cc2C4)c1. The lowest BCUT2D eigenvalue weighted by molar-refractivity contribution is 1.00. The number of benzene rings is 5. The predicted octanol–water partition coefficient (Wildman–Crippen LogP) is 9.18. The Morgan fingerprint density at radius 2 is 1.12 bits per heavy atom. The minimum atomic E-state index is 0.998. The van der Waals surface area contributed by atoms with E-state index >= 15 is 0 Å². The lowest BCUT2D eigenvalue weighted by Crippen LogP contribution is -2.10. The Hall–Kier alpha value is -3.36. The van der Waals surface area contributed by atoms with Gasteiger partial charge in [0.25, 0.3) is 0 Å². The number of nitrogens with zero attached hydrogens (tertiary/aromatic N) is 1. The van der Waals surface area contributed by atoms with Crippen molar-refractivity contribution in [3.05, 3.63) is 135 Å². The fraction of sp³-hybridized carbons (Fsp3) is 0.125. The molecule has 2 heteroatoms. The first-order valence-electron chi connectivity index (χ1n) is 11.8. The quantitative estimate of drug-likeness (QED) is 0.232. The van der Waals surface area contributed by atoms with Crippen molar-refractivity contribution in [3.63, 3.8) is 0 Å². The zero-order chi connectivity index (χ0) is 23.2. The summed E-state index contributed by atoms with van der Waals surface area (Å²) in [7, 11) is 0. The maximum Gasteiger partial charge on any atom is 0.0468 e. The van der Waals surface area contributed by atoms with Gasteiger partial charge in [0.2, 0.25) is 0 Å². The van der Waals surface area contributed by atoms with Crippen molar-refractivity contribution in [1.82, 2.24) is 0 Å².